The molecule has 0 fully saturated rings. The van der Waals surface area contributed by atoms with Crippen molar-refractivity contribution in [1.29, 1.82) is 0 Å². The van der Waals surface area contributed by atoms with Gasteiger partial charge in [-0.15, -0.1) is 11.8 Å². The van der Waals surface area contributed by atoms with Gasteiger partial charge in [0, 0.05) is 29.1 Å². The molecule has 1 aromatic heterocycles. The highest BCUT2D eigenvalue weighted by Crippen LogP contribution is 2.27. The van der Waals surface area contributed by atoms with Crippen molar-refractivity contribution in [2.75, 3.05) is 12.3 Å². The lowest BCUT2D eigenvalue weighted by atomic mass is 10.1. The summed E-state index contributed by atoms with van der Waals surface area (Å²) >= 11 is 8.00. The van der Waals surface area contributed by atoms with Crippen molar-refractivity contribution in [2.45, 2.75) is 24.3 Å². The fourth-order valence-electron chi connectivity index (χ4n) is 2.03. The molecule has 1 heterocycles. The SMILES string of the molecule is CCNC(CSc1ccccc1Cl)Cc1ccncc1. The number of likely N-dealkylation sites (N-methyl/N-ethyl adjacent to an activating group) is 1. The van der Waals surface area contributed by atoms with E-state index in [1.165, 1.54) is 5.56 Å². The molecule has 1 N–H and O–H groups in total. The molecule has 1 aromatic carbocycles. The Balaban J connectivity index is 1.94. The fourth-order valence-corrected chi connectivity index (χ4v) is 3.33. The summed E-state index contributed by atoms with van der Waals surface area (Å²) in [6.07, 6.45) is 4.70. The predicted molar refractivity (Wildman–Crippen MR) is 87.6 cm³/mol. The first kappa shape index (κ1) is 15.4. The van der Waals surface area contributed by atoms with E-state index in [9.17, 15) is 0 Å². The number of benzene rings is 1. The van der Waals surface area contributed by atoms with Gasteiger partial charge in [0.15, 0.2) is 0 Å². The molecule has 0 amide bonds. The minimum atomic E-state index is 0.434. The van der Waals surface area contributed by atoms with Crippen molar-refractivity contribution >= 4 is 23.4 Å². The molecule has 2 rings (SSSR count). The van der Waals surface area contributed by atoms with Gasteiger partial charge in [-0.05, 0) is 42.8 Å². The van der Waals surface area contributed by atoms with E-state index in [1.54, 1.807) is 11.8 Å². The quantitative estimate of drug-likeness (QED) is 0.781. The summed E-state index contributed by atoms with van der Waals surface area (Å²) in [5.74, 6) is 1.000. The van der Waals surface area contributed by atoms with Crippen LogP contribution >= 0.6 is 23.4 Å². The second kappa shape index (κ2) is 8.30. The maximum atomic E-state index is 6.20. The smallest absolute Gasteiger partial charge is 0.0541 e. The molecule has 106 valence electrons. The summed E-state index contributed by atoms with van der Waals surface area (Å²) in [6.45, 7) is 3.11. The van der Waals surface area contributed by atoms with Crippen molar-refractivity contribution in [1.82, 2.24) is 10.3 Å². The molecule has 0 bridgehead atoms. The average molecular weight is 307 g/mol. The summed E-state index contributed by atoms with van der Waals surface area (Å²) < 4.78 is 0. The molecule has 0 aliphatic carbocycles. The third-order valence-corrected chi connectivity index (χ3v) is 4.68. The van der Waals surface area contributed by atoms with Crippen LogP contribution in [0.1, 0.15) is 12.5 Å². The van der Waals surface area contributed by atoms with Crippen LogP contribution in [0, 0.1) is 0 Å². The highest BCUT2D eigenvalue weighted by molar-refractivity contribution is 7.99. The van der Waals surface area contributed by atoms with Crippen LogP contribution in [-0.2, 0) is 6.42 Å². The third kappa shape index (κ3) is 4.82. The van der Waals surface area contributed by atoms with Crippen LogP contribution in [0.3, 0.4) is 0 Å². The van der Waals surface area contributed by atoms with Crippen LogP contribution < -0.4 is 5.32 Å². The highest BCUT2D eigenvalue weighted by atomic mass is 35.5. The molecule has 0 saturated heterocycles. The van der Waals surface area contributed by atoms with E-state index in [0.717, 1.165) is 28.6 Å². The Hall–Kier alpha value is -1.03. The Morgan fingerprint density at radius 2 is 1.95 bits per heavy atom. The van der Waals surface area contributed by atoms with E-state index in [4.69, 9.17) is 11.6 Å². The van der Waals surface area contributed by atoms with Crippen molar-refractivity contribution in [3.63, 3.8) is 0 Å². The zero-order valence-corrected chi connectivity index (χ0v) is 13.1. The number of nitrogens with one attached hydrogen (secondary N) is 1. The summed E-state index contributed by atoms with van der Waals surface area (Å²) in [6, 6.07) is 12.6. The van der Waals surface area contributed by atoms with E-state index in [-0.39, 0.29) is 0 Å². The van der Waals surface area contributed by atoms with Gasteiger partial charge in [-0.25, -0.2) is 0 Å². The molecule has 20 heavy (non-hydrogen) atoms. The van der Waals surface area contributed by atoms with Crippen LogP contribution in [-0.4, -0.2) is 23.3 Å². The van der Waals surface area contributed by atoms with E-state index in [2.05, 4.69) is 35.4 Å². The first-order valence-electron chi connectivity index (χ1n) is 6.79. The lowest BCUT2D eigenvalue weighted by Gasteiger charge is -2.18. The molecule has 4 heteroatoms. The average Bonchev–Trinajstić information content (AvgIpc) is 2.47. The standard InChI is InChI=1S/C16H19ClN2S/c1-2-19-14(11-13-7-9-18-10-8-13)12-20-16-6-4-3-5-15(16)17/h3-10,14,19H,2,11-12H2,1H3. The van der Waals surface area contributed by atoms with Crippen molar-refractivity contribution in [3.8, 4) is 0 Å². The lowest BCUT2D eigenvalue weighted by molar-refractivity contribution is 0.572. The number of aromatic nitrogens is 1. The molecule has 2 aromatic rings. The topological polar surface area (TPSA) is 24.9 Å². The molecule has 1 unspecified atom stereocenters. The number of thioether (sulfide) groups is 1. The summed E-state index contributed by atoms with van der Waals surface area (Å²) in [5, 5.41) is 4.37. The van der Waals surface area contributed by atoms with Gasteiger partial charge in [0.1, 0.15) is 0 Å². The zero-order chi connectivity index (χ0) is 14.2. The Bertz CT molecular complexity index is 519. The normalized spacial score (nSPS) is 12.3. The maximum Gasteiger partial charge on any atom is 0.0541 e. The minimum absolute atomic E-state index is 0.434. The molecule has 1 atom stereocenters. The Morgan fingerprint density at radius 1 is 1.20 bits per heavy atom. The molecular weight excluding hydrogens is 288 g/mol. The number of halogens is 1. The molecule has 0 aliphatic heterocycles. The van der Waals surface area contributed by atoms with E-state index in [0.29, 0.717) is 6.04 Å². The van der Waals surface area contributed by atoms with Gasteiger partial charge < -0.3 is 5.32 Å². The Morgan fingerprint density at radius 3 is 2.65 bits per heavy atom. The van der Waals surface area contributed by atoms with Gasteiger partial charge in [0.2, 0.25) is 0 Å². The van der Waals surface area contributed by atoms with Crippen molar-refractivity contribution < 1.29 is 0 Å². The van der Waals surface area contributed by atoms with E-state index in [1.807, 2.05) is 30.6 Å². The third-order valence-electron chi connectivity index (χ3n) is 3.00. The largest absolute Gasteiger partial charge is 0.313 e. The molecule has 0 saturated carbocycles. The first-order valence-corrected chi connectivity index (χ1v) is 8.15. The summed E-state index contributed by atoms with van der Waals surface area (Å²) in [5.41, 5.74) is 1.31. The fraction of sp³-hybridized carbons (Fsp3) is 0.312. The second-order valence-corrected chi connectivity index (χ2v) is 6.02. The van der Waals surface area contributed by atoms with Crippen LogP contribution in [0.2, 0.25) is 5.02 Å². The van der Waals surface area contributed by atoms with Gasteiger partial charge in [-0.3, -0.25) is 4.98 Å². The second-order valence-electron chi connectivity index (χ2n) is 4.56. The van der Waals surface area contributed by atoms with Crippen LogP contribution in [0.25, 0.3) is 0 Å². The number of rotatable bonds is 7. The van der Waals surface area contributed by atoms with Gasteiger partial charge in [0.05, 0.1) is 5.02 Å². The molecule has 0 aliphatic rings. The van der Waals surface area contributed by atoms with Crippen LogP contribution in [0.5, 0.6) is 0 Å². The summed E-state index contributed by atoms with van der Waals surface area (Å²) in [7, 11) is 0. The number of hydrogen-bond acceptors (Lipinski definition) is 3. The number of nitrogens with zero attached hydrogens (tertiary/aromatic N) is 1. The number of hydrogen-bond donors (Lipinski definition) is 1. The summed E-state index contributed by atoms with van der Waals surface area (Å²) in [4.78, 5) is 5.21. The monoisotopic (exact) mass is 306 g/mol. The molecule has 0 spiro atoms. The molecule has 2 nitrogen and oxygen atoms in total. The van der Waals surface area contributed by atoms with Gasteiger partial charge >= 0.3 is 0 Å². The maximum absolute atomic E-state index is 6.20. The zero-order valence-electron chi connectivity index (χ0n) is 11.6. The highest BCUT2D eigenvalue weighted by Gasteiger charge is 2.10. The van der Waals surface area contributed by atoms with Gasteiger partial charge in [0.25, 0.3) is 0 Å². The first-order chi connectivity index (χ1) is 9.79. The minimum Gasteiger partial charge on any atom is -0.313 e. The van der Waals surface area contributed by atoms with Crippen LogP contribution in [0.4, 0.5) is 0 Å². The van der Waals surface area contributed by atoms with Gasteiger partial charge in [-0.2, -0.15) is 0 Å². The number of pyridine rings is 1. The molecular formula is C16H19ClN2S. The van der Waals surface area contributed by atoms with Crippen LogP contribution in [0.15, 0.2) is 53.7 Å². The van der Waals surface area contributed by atoms with E-state index >= 15 is 0 Å². The van der Waals surface area contributed by atoms with Gasteiger partial charge in [-0.1, -0.05) is 30.7 Å². The lowest BCUT2D eigenvalue weighted by Crippen LogP contribution is -2.33. The van der Waals surface area contributed by atoms with E-state index < -0.39 is 0 Å². The molecule has 0 radical (unpaired) electrons. The van der Waals surface area contributed by atoms with Crippen molar-refractivity contribution in [3.05, 3.63) is 59.4 Å². The predicted octanol–water partition coefficient (Wildman–Crippen LogP) is 4.05. The Kier molecular flexibility index (Phi) is 6.37. The van der Waals surface area contributed by atoms with Crippen molar-refractivity contribution in [2.24, 2.45) is 0 Å². The Labute approximate surface area is 130 Å².